The third-order valence-electron chi connectivity index (χ3n) is 6.21. The molecule has 3 aromatic carbocycles. The van der Waals surface area contributed by atoms with Crippen LogP contribution >= 0.6 is 11.6 Å². The summed E-state index contributed by atoms with van der Waals surface area (Å²) in [4.78, 5) is 21.0. The van der Waals surface area contributed by atoms with Crippen LogP contribution in [0, 0.1) is 6.92 Å². The summed E-state index contributed by atoms with van der Waals surface area (Å²) in [6, 6.07) is 19.6. The van der Waals surface area contributed by atoms with E-state index < -0.39 is 0 Å². The van der Waals surface area contributed by atoms with Crippen molar-refractivity contribution in [2.24, 2.45) is 0 Å². The van der Waals surface area contributed by atoms with Crippen molar-refractivity contribution >= 4 is 40.3 Å². The SMILES string of the molecule is Cc1nc2ccc(-n3ncc(C(=O)C4=Cc5ccc(-c6ccccc6Cl)cc5C4)c3N)cc2[nH]1. The van der Waals surface area contributed by atoms with Crippen molar-refractivity contribution in [2.45, 2.75) is 13.3 Å². The van der Waals surface area contributed by atoms with Gasteiger partial charge in [-0.15, -0.1) is 0 Å². The smallest absolute Gasteiger partial charge is 0.194 e. The second kappa shape index (κ2) is 7.71. The Morgan fingerprint density at radius 3 is 2.82 bits per heavy atom. The van der Waals surface area contributed by atoms with Crippen LogP contribution in [0.1, 0.15) is 27.3 Å². The zero-order chi connectivity index (χ0) is 23.4. The van der Waals surface area contributed by atoms with Crippen LogP contribution in [0.3, 0.4) is 0 Å². The maximum Gasteiger partial charge on any atom is 0.194 e. The molecule has 166 valence electrons. The largest absolute Gasteiger partial charge is 0.383 e. The van der Waals surface area contributed by atoms with Crippen molar-refractivity contribution in [1.82, 2.24) is 19.7 Å². The molecule has 0 aliphatic heterocycles. The Kier molecular flexibility index (Phi) is 4.64. The first kappa shape index (κ1) is 20.4. The van der Waals surface area contributed by atoms with E-state index in [1.807, 2.05) is 67.6 Å². The lowest BCUT2D eigenvalue weighted by atomic mass is 9.99. The average molecular weight is 466 g/mol. The highest BCUT2D eigenvalue weighted by atomic mass is 35.5. The number of fused-ring (bicyclic) bond motifs is 2. The van der Waals surface area contributed by atoms with E-state index in [0.29, 0.717) is 28.4 Å². The Balaban J connectivity index is 1.29. The van der Waals surface area contributed by atoms with Crippen molar-refractivity contribution in [3.8, 4) is 16.8 Å². The minimum atomic E-state index is -0.113. The van der Waals surface area contributed by atoms with Gasteiger partial charge in [-0.3, -0.25) is 4.79 Å². The number of allylic oxidation sites excluding steroid dienone is 1. The molecule has 1 aliphatic carbocycles. The number of hydrogen-bond donors (Lipinski definition) is 2. The number of aromatic amines is 1. The van der Waals surface area contributed by atoms with Crippen LogP contribution in [-0.2, 0) is 6.42 Å². The van der Waals surface area contributed by atoms with Gasteiger partial charge in [0.15, 0.2) is 5.78 Å². The molecule has 0 unspecified atom stereocenters. The van der Waals surface area contributed by atoms with E-state index in [9.17, 15) is 4.79 Å². The number of anilines is 1. The predicted octanol–water partition coefficient (Wildman–Crippen LogP) is 5.78. The molecular formula is C27H20ClN5O. The molecule has 2 heterocycles. The Morgan fingerprint density at radius 2 is 1.97 bits per heavy atom. The fourth-order valence-corrected chi connectivity index (χ4v) is 4.77. The molecule has 0 bridgehead atoms. The summed E-state index contributed by atoms with van der Waals surface area (Å²) >= 11 is 6.38. The summed E-state index contributed by atoms with van der Waals surface area (Å²) in [6.45, 7) is 1.91. The first-order chi connectivity index (χ1) is 16.5. The number of benzene rings is 3. The molecule has 5 aromatic rings. The van der Waals surface area contributed by atoms with Crippen LogP contribution < -0.4 is 5.73 Å². The lowest BCUT2D eigenvalue weighted by molar-refractivity contribution is 0.103. The summed E-state index contributed by atoms with van der Waals surface area (Å²) < 4.78 is 1.58. The Hall–Kier alpha value is -4.16. The molecule has 6 rings (SSSR count). The number of nitrogens with zero attached hydrogens (tertiary/aromatic N) is 3. The number of rotatable bonds is 4. The zero-order valence-corrected chi connectivity index (χ0v) is 19.1. The maximum atomic E-state index is 13.4. The number of imidazole rings is 1. The van der Waals surface area contributed by atoms with Crippen molar-refractivity contribution in [3.05, 3.63) is 100.0 Å². The average Bonchev–Trinajstić information content (AvgIpc) is 3.53. The van der Waals surface area contributed by atoms with Crippen molar-refractivity contribution in [2.75, 3.05) is 5.73 Å². The maximum absolute atomic E-state index is 13.4. The van der Waals surface area contributed by atoms with E-state index in [1.165, 1.54) is 0 Å². The lowest BCUT2D eigenvalue weighted by Crippen LogP contribution is -2.08. The van der Waals surface area contributed by atoms with E-state index in [0.717, 1.165) is 44.8 Å². The molecule has 0 saturated heterocycles. The highest BCUT2D eigenvalue weighted by Gasteiger charge is 2.24. The van der Waals surface area contributed by atoms with Crippen molar-refractivity contribution in [3.63, 3.8) is 0 Å². The van der Waals surface area contributed by atoms with Crippen LogP contribution in [-0.4, -0.2) is 25.5 Å². The number of aromatic nitrogens is 4. The summed E-state index contributed by atoms with van der Waals surface area (Å²) in [5.41, 5.74) is 14.1. The number of Topliss-reactive ketones (excluding diaryl/α,β-unsaturated/α-hetero) is 1. The topological polar surface area (TPSA) is 89.6 Å². The second-order valence-corrected chi connectivity index (χ2v) is 8.86. The van der Waals surface area contributed by atoms with Gasteiger partial charge in [-0.1, -0.05) is 48.0 Å². The van der Waals surface area contributed by atoms with E-state index in [-0.39, 0.29) is 5.78 Å². The number of carbonyl (C=O) groups is 1. The van der Waals surface area contributed by atoms with Gasteiger partial charge in [0, 0.05) is 22.6 Å². The predicted molar refractivity (Wildman–Crippen MR) is 135 cm³/mol. The number of aryl methyl sites for hydroxylation is 1. The molecular weight excluding hydrogens is 446 g/mol. The summed E-state index contributed by atoms with van der Waals surface area (Å²) in [6.07, 6.45) is 4.01. The van der Waals surface area contributed by atoms with Gasteiger partial charge < -0.3 is 10.7 Å². The van der Waals surface area contributed by atoms with E-state index in [2.05, 4.69) is 21.1 Å². The van der Waals surface area contributed by atoms with Gasteiger partial charge in [-0.25, -0.2) is 9.67 Å². The number of nitrogens with two attached hydrogens (primary N) is 1. The molecule has 0 amide bonds. The molecule has 6 nitrogen and oxygen atoms in total. The van der Waals surface area contributed by atoms with Crippen LogP contribution in [0.4, 0.5) is 5.82 Å². The number of ketones is 1. The van der Waals surface area contributed by atoms with Gasteiger partial charge in [0.05, 0.1) is 28.5 Å². The van der Waals surface area contributed by atoms with Crippen LogP contribution in [0.5, 0.6) is 0 Å². The first-order valence-electron chi connectivity index (χ1n) is 10.9. The van der Waals surface area contributed by atoms with Gasteiger partial charge >= 0.3 is 0 Å². The fraction of sp³-hybridized carbons (Fsp3) is 0.0741. The summed E-state index contributed by atoms with van der Waals surface area (Å²) in [5, 5.41) is 5.10. The summed E-state index contributed by atoms with van der Waals surface area (Å²) in [7, 11) is 0. The van der Waals surface area contributed by atoms with E-state index >= 15 is 0 Å². The minimum Gasteiger partial charge on any atom is -0.383 e. The lowest BCUT2D eigenvalue weighted by Gasteiger charge is -2.07. The van der Waals surface area contributed by atoms with Gasteiger partial charge in [0.1, 0.15) is 11.6 Å². The van der Waals surface area contributed by atoms with Gasteiger partial charge in [-0.2, -0.15) is 5.10 Å². The second-order valence-electron chi connectivity index (χ2n) is 8.45. The minimum absolute atomic E-state index is 0.113. The van der Waals surface area contributed by atoms with Gasteiger partial charge in [0.25, 0.3) is 0 Å². The molecule has 0 spiro atoms. The quantitative estimate of drug-likeness (QED) is 0.329. The molecule has 3 N–H and O–H groups in total. The van der Waals surface area contributed by atoms with Crippen molar-refractivity contribution < 1.29 is 4.79 Å². The monoisotopic (exact) mass is 465 g/mol. The number of hydrogen-bond acceptors (Lipinski definition) is 4. The van der Waals surface area contributed by atoms with Crippen LogP contribution in [0.2, 0.25) is 5.02 Å². The third kappa shape index (κ3) is 3.31. The highest BCUT2D eigenvalue weighted by Crippen LogP contribution is 2.34. The Bertz CT molecular complexity index is 1640. The zero-order valence-electron chi connectivity index (χ0n) is 18.3. The normalized spacial score (nSPS) is 12.7. The molecule has 1 aliphatic rings. The number of carbonyl (C=O) groups excluding carboxylic acids is 1. The Labute approximate surface area is 200 Å². The summed E-state index contributed by atoms with van der Waals surface area (Å²) in [5.74, 6) is 1.04. The van der Waals surface area contributed by atoms with Crippen molar-refractivity contribution in [1.29, 1.82) is 0 Å². The molecule has 0 atom stereocenters. The molecule has 0 saturated carbocycles. The molecule has 7 heteroatoms. The number of nitrogens with one attached hydrogen (secondary N) is 1. The van der Waals surface area contributed by atoms with E-state index in [4.69, 9.17) is 17.3 Å². The third-order valence-corrected chi connectivity index (χ3v) is 6.54. The van der Waals surface area contributed by atoms with Gasteiger partial charge in [-0.05, 0) is 54.0 Å². The van der Waals surface area contributed by atoms with Crippen LogP contribution in [0.15, 0.2) is 72.4 Å². The Morgan fingerprint density at radius 1 is 1.12 bits per heavy atom. The number of halogens is 1. The molecule has 0 fully saturated rings. The molecule has 0 radical (unpaired) electrons. The fourth-order valence-electron chi connectivity index (χ4n) is 4.52. The standard InChI is InChI=1S/C27H20ClN5O/c1-15-31-24-9-8-20(13-25(24)32-15)33-27(29)22(14-30-33)26(34)19-10-16-6-7-17(11-18(16)12-19)21-4-2-3-5-23(21)28/h2-11,13-14H,12,29H2,1H3,(H,31,32). The highest BCUT2D eigenvalue weighted by molar-refractivity contribution is 6.33. The number of H-pyrrole nitrogens is 1. The molecule has 2 aromatic heterocycles. The van der Waals surface area contributed by atoms with E-state index in [1.54, 1.807) is 10.9 Å². The molecule has 34 heavy (non-hydrogen) atoms. The first-order valence-corrected chi connectivity index (χ1v) is 11.3. The van der Waals surface area contributed by atoms with Crippen LogP contribution in [0.25, 0.3) is 33.9 Å². The number of nitrogen functional groups attached to an aromatic ring is 1. The van der Waals surface area contributed by atoms with Gasteiger partial charge in [0.2, 0.25) is 0 Å².